The molecular weight excluding hydrogens is 441 g/mol. The van der Waals surface area contributed by atoms with Gasteiger partial charge < -0.3 is 9.88 Å². The molecule has 1 N–H and O–H groups in total. The molecule has 1 amide bonds. The van der Waals surface area contributed by atoms with Gasteiger partial charge >= 0.3 is 0 Å². The zero-order valence-electron chi connectivity index (χ0n) is 16.7. The van der Waals surface area contributed by atoms with Crippen molar-refractivity contribution in [2.24, 2.45) is 0 Å². The summed E-state index contributed by atoms with van der Waals surface area (Å²) in [4.78, 5) is 29.8. The fraction of sp³-hybridized carbons (Fsp3) is 0.318. The van der Waals surface area contributed by atoms with E-state index < -0.39 is 0 Å². The lowest BCUT2D eigenvalue weighted by atomic mass is 10.1. The summed E-state index contributed by atoms with van der Waals surface area (Å²) in [5.74, 6) is 0.0474. The number of para-hydroxylation sites is 1. The number of benzene rings is 2. The molecular formula is C22H23Cl2N3O2S. The van der Waals surface area contributed by atoms with Crippen molar-refractivity contribution < 1.29 is 4.79 Å². The summed E-state index contributed by atoms with van der Waals surface area (Å²) in [5.41, 5.74) is 1.49. The van der Waals surface area contributed by atoms with Gasteiger partial charge in [-0.15, -0.1) is 0 Å². The highest BCUT2D eigenvalue weighted by Gasteiger charge is 2.12. The highest BCUT2D eigenvalue weighted by Crippen LogP contribution is 2.26. The van der Waals surface area contributed by atoms with Gasteiger partial charge in [0.05, 0.1) is 20.9 Å². The van der Waals surface area contributed by atoms with Gasteiger partial charge in [-0.1, -0.05) is 53.9 Å². The molecule has 0 aliphatic heterocycles. The van der Waals surface area contributed by atoms with E-state index in [4.69, 9.17) is 35.4 Å². The average molecular weight is 464 g/mol. The number of carbonyl (C=O) groups excluding carboxylic acids is 1. The normalized spacial score (nSPS) is 11.0. The second-order valence-corrected chi connectivity index (χ2v) is 8.38. The summed E-state index contributed by atoms with van der Waals surface area (Å²) in [6, 6.07) is 12.7. The number of amides is 1. The second-order valence-electron chi connectivity index (χ2n) is 7.21. The molecule has 8 heteroatoms. The number of carbonyl (C=O) groups is 1. The lowest BCUT2D eigenvalue weighted by Gasteiger charge is -2.18. The van der Waals surface area contributed by atoms with Crippen LogP contribution in [0.25, 0.3) is 10.9 Å². The van der Waals surface area contributed by atoms with E-state index in [2.05, 4.69) is 4.98 Å². The molecule has 3 rings (SSSR count). The SMILES string of the molecule is CN(Cc1cccc(Cl)c1Cl)C(=O)CCCCCn1c(=S)[nH]c2ccccc2c1=O. The first kappa shape index (κ1) is 22.5. The monoisotopic (exact) mass is 463 g/mol. The molecule has 0 fully saturated rings. The van der Waals surface area contributed by atoms with Gasteiger partial charge in [0.15, 0.2) is 4.77 Å². The molecule has 0 bridgehead atoms. The van der Waals surface area contributed by atoms with Crippen molar-refractivity contribution in [3.8, 4) is 0 Å². The van der Waals surface area contributed by atoms with Crippen LogP contribution in [0.1, 0.15) is 31.2 Å². The lowest BCUT2D eigenvalue weighted by molar-refractivity contribution is -0.130. The molecule has 0 spiro atoms. The summed E-state index contributed by atoms with van der Waals surface area (Å²) < 4.78 is 2.01. The first-order valence-electron chi connectivity index (χ1n) is 9.77. The Bertz CT molecular complexity index is 1170. The lowest BCUT2D eigenvalue weighted by Crippen LogP contribution is -2.26. The van der Waals surface area contributed by atoms with E-state index in [1.54, 1.807) is 28.6 Å². The third kappa shape index (κ3) is 5.31. The number of nitrogens with one attached hydrogen (secondary N) is 1. The maximum atomic E-state index is 12.6. The van der Waals surface area contributed by atoms with Crippen molar-refractivity contribution in [2.75, 3.05) is 7.05 Å². The number of H-pyrrole nitrogens is 1. The molecule has 0 saturated carbocycles. The summed E-state index contributed by atoms with van der Waals surface area (Å²) >= 11 is 17.6. The van der Waals surface area contributed by atoms with Crippen LogP contribution in [0, 0.1) is 4.77 Å². The number of halogens is 2. The predicted molar refractivity (Wildman–Crippen MR) is 125 cm³/mol. The Kier molecular flexibility index (Phi) is 7.69. The molecule has 3 aromatic rings. The van der Waals surface area contributed by atoms with Gasteiger partial charge in [0.25, 0.3) is 5.56 Å². The van der Waals surface area contributed by atoms with E-state index in [1.165, 1.54) is 0 Å². The molecule has 2 aromatic carbocycles. The van der Waals surface area contributed by atoms with E-state index in [9.17, 15) is 9.59 Å². The standard InChI is InChI=1S/C22H23Cl2N3O2S/c1-26(14-15-8-7-10-17(23)20(15)24)19(28)12-3-2-6-13-27-21(29)16-9-4-5-11-18(16)25-22(27)30/h4-5,7-11H,2-3,6,12-14H2,1H3,(H,25,30). The maximum absolute atomic E-state index is 12.6. The van der Waals surface area contributed by atoms with Crippen molar-refractivity contribution in [2.45, 2.75) is 38.8 Å². The van der Waals surface area contributed by atoms with Gasteiger partial charge in [-0.25, -0.2) is 0 Å². The zero-order chi connectivity index (χ0) is 21.7. The highest BCUT2D eigenvalue weighted by atomic mass is 35.5. The number of rotatable bonds is 8. The first-order chi connectivity index (χ1) is 14.4. The number of aromatic nitrogens is 2. The van der Waals surface area contributed by atoms with Crippen LogP contribution in [0.3, 0.4) is 0 Å². The maximum Gasteiger partial charge on any atom is 0.262 e. The molecule has 0 aliphatic rings. The number of aromatic amines is 1. The fourth-order valence-corrected chi connectivity index (χ4v) is 3.99. The van der Waals surface area contributed by atoms with Crippen LogP contribution in [-0.4, -0.2) is 27.4 Å². The number of hydrogen-bond donors (Lipinski definition) is 1. The van der Waals surface area contributed by atoms with E-state index in [0.29, 0.717) is 39.7 Å². The predicted octanol–water partition coefficient (Wildman–Crippen LogP) is 5.58. The van der Waals surface area contributed by atoms with Gasteiger partial charge in [-0.3, -0.25) is 14.2 Å². The molecule has 0 saturated heterocycles. The second kappa shape index (κ2) is 10.2. The van der Waals surface area contributed by atoms with Gasteiger partial charge in [-0.05, 0) is 48.8 Å². The van der Waals surface area contributed by atoms with Gasteiger partial charge in [0.2, 0.25) is 5.91 Å². The summed E-state index contributed by atoms with van der Waals surface area (Å²) in [5, 5.41) is 1.59. The number of fused-ring (bicyclic) bond motifs is 1. The number of nitrogens with zero attached hydrogens (tertiary/aromatic N) is 2. The van der Waals surface area contributed by atoms with Crippen molar-refractivity contribution in [3.05, 3.63) is 73.2 Å². The first-order valence-corrected chi connectivity index (χ1v) is 10.9. The summed E-state index contributed by atoms with van der Waals surface area (Å²) in [7, 11) is 1.76. The molecule has 0 aliphatic carbocycles. The Balaban J connectivity index is 1.49. The van der Waals surface area contributed by atoms with Gasteiger partial charge in [-0.2, -0.15) is 0 Å². The molecule has 0 radical (unpaired) electrons. The van der Waals surface area contributed by atoms with Crippen LogP contribution < -0.4 is 5.56 Å². The highest BCUT2D eigenvalue weighted by molar-refractivity contribution is 7.71. The van der Waals surface area contributed by atoms with Crippen LogP contribution in [0.2, 0.25) is 10.0 Å². The zero-order valence-corrected chi connectivity index (χ0v) is 19.0. The summed E-state index contributed by atoms with van der Waals surface area (Å²) in [6.07, 6.45) is 2.78. The van der Waals surface area contributed by atoms with Crippen LogP contribution in [-0.2, 0) is 17.9 Å². The molecule has 30 heavy (non-hydrogen) atoms. The molecule has 0 unspecified atom stereocenters. The Morgan fingerprint density at radius 1 is 1.10 bits per heavy atom. The molecule has 0 atom stereocenters. The third-order valence-electron chi connectivity index (χ3n) is 5.03. The Hall–Kier alpha value is -2.15. The minimum Gasteiger partial charge on any atom is -0.341 e. The largest absolute Gasteiger partial charge is 0.341 e. The quantitative estimate of drug-likeness (QED) is 0.350. The Morgan fingerprint density at radius 2 is 1.87 bits per heavy atom. The topological polar surface area (TPSA) is 58.1 Å². The van der Waals surface area contributed by atoms with Crippen LogP contribution in [0.4, 0.5) is 0 Å². The minimum atomic E-state index is -0.0800. The fourth-order valence-electron chi connectivity index (χ4n) is 3.33. The van der Waals surface area contributed by atoms with Crippen LogP contribution >= 0.6 is 35.4 Å². The Labute approximate surface area is 190 Å². The Morgan fingerprint density at radius 3 is 2.67 bits per heavy atom. The minimum absolute atomic E-state index is 0.0474. The molecule has 1 heterocycles. The number of unbranched alkanes of at least 4 members (excludes halogenated alkanes) is 2. The van der Waals surface area contributed by atoms with Crippen LogP contribution in [0.15, 0.2) is 47.3 Å². The van der Waals surface area contributed by atoms with Gasteiger partial charge in [0.1, 0.15) is 0 Å². The van der Waals surface area contributed by atoms with E-state index >= 15 is 0 Å². The van der Waals surface area contributed by atoms with E-state index in [-0.39, 0.29) is 11.5 Å². The molecule has 1 aromatic heterocycles. The molecule has 158 valence electrons. The van der Waals surface area contributed by atoms with Crippen molar-refractivity contribution in [1.29, 1.82) is 0 Å². The van der Waals surface area contributed by atoms with E-state index in [1.807, 2.05) is 30.3 Å². The van der Waals surface area contributed by atoms with E-state index in [0.717, 1.165) is 30.3 Å². The van der Waals surface area contributed by atoms with Crippen molar-refractivity contribution in [1.82, 2.24) is 14.5 Å². The third-order valence-corrected chi connectivity index (χ3v) is 6.21. The van der Waals surface area contributed by atoms with Gasteiger partial charge in [0, 0.05) is 26.6 Å². The van der Waals surface area contributed by atoms with Crippen molar-refractivity contribution >= 4 is 52.2 Å². The smallest absolute Gasteiger partial charge is 0.262 e. The molecule has 5 nitrogen and oxygen atoms in total. The summed E-state index contributed by atoms with van der Waals surface area (Å²) in [6.45, 7) is 0.945. The van der Waals surface area contributed by atoms with Crippen LogP contribution in [0.5, 0.6) is 0 Å². The number of hydrogen-bond acceptors (Lipinski definition) is 3. The van der Waals surface area contributed by atoms with Crippen molar-refractivity contribution in [3.63, 3.8) is 0 Å². The average Bonchev–Trinajstić information content (AvgIpc) is 2.73.